The molecular weight excluding hydrogens is 220 g/mol. The fourth-order valence-corrected chi connectivity index (χ4v) is 1.61. The second kappa shape index (κ2) is 6.45. The van der Waals surface area contributed by atoms with Crippen molar-refractivity contribution in [2.45, 2.75) is 26.3 Å². The fraction of sp³-hybridized carbons (Fsp3) is 0.417. The van der Waals surface area contributed by atoms with Gasteiger partial charge in [-0.3, -0.25) is 0 Å². The topological polar surface area (TPSA) is 44.3 Å². The number of anilines is 1. The molecule has 3 N–H and O–H groups in total. The summed E-state index contributed by atoms with van der Waals surface area (Å²) >= 11 is 5.17. The van der Waals surface area contributed by atoms with Gasteiger partial charge >= 0.3 is 0 Å². The maximum Gasteiger partial charge on any atom is 0.171 e. The average molecular weight is 238 g/mol. The van der Waals surface area contributed by atoms with Crippen molar-refractivity contribution in [3.05, 3.63) is 29.8 Å². The molecule has 0 aliphatic rings. The minimum absolute atomic E-state index is 0.0176. The van der Waals surface area contributed by atoms with E-state index in [9.17, 15) is 0 Å². The van der Waals surface area contributed by atoms with E-state index in [1.165, 1.54) is 0 Å². The van der Waals surface area contributed by atoms with Gasteiger partial charge in [0.1, 0.15) is 0 Å². The summed E-state index contributed by atoms with van der Waals surface area (Å²) in [5.41, 5.74) is 2.14. The molecule has 88 valence electrons. The largest absolute Gasteiger partial charge is 0.394 e. The zero-order valence-electron chi connectivity index (χ0n) is 9.66. The first-order valence-electron chi connectivity index (χ1n) is 5.41. The summed E-state index contributed by atoms with van der Waals surface area (Å²) < 4.78 is 0. The van der Waals surface area contributed by atoms with Gasteiger partial charge in [-0.05, 0) is 37.2 Å². The van der Waals surface area contributed by atoms with Gasteiger partial charge in [-0.15, -0.1) is 0 Å². The number of aliphatic hydroxyl groups excluding tert-OH is 1. The maximum atomic E-state index is 9.05. The molecule has 1 aromatic carbocycles. The van der Waals surface area contributed by atoms with Crippen LogP contribution in [0, 0.1) is 6.92 Å². The predicted molar refractivity (Wildman–Crippen MR) is 71.7 cm³/mol. The Morgan fingerprint density at radius 3 is 2.69 bits per heavy atom. The van der Waals surface area contributed by atoms with Crippen molar-refractivity contribution in [1.29, 1.82) is 0 Å². The van der Waals surface area contributed by atoms with Crippen molar-refractivity contribution in [2.24, 2.45) is 0 Å². The molecule has 0 aliphatic heterocycles. The second-order valence-electron chi connectivity index (χ2n) is 3.70. The molecule has 0 radical (unpaired) electrons. The maximum absolute atomic E-state index is 9.05. The Kier molecular flexibility index (Phi) is 5.22. The first-order chi connectivity index (χ1) is 7.67. The SMILES string of the molecule is CC[C@@H](CO)NC(=S)Nc1ccccc1C. The molecule has 0 fully saturated rings. The molecule has 0 saturated heterocycles. The molecule has 1 atom stereocenters. The highest BCUT2D eigenvalue weighted by Gasteiger charge is 2.06. The van der Waals surface area contributed by atoms with Gasteiger partial charge in [-0.2, -0.15) is 0 Å². The van der Waals surface area contributed by atoms with E-state index in [-0.39, 0.29) is 12.6 Å². The van der Waals surface area contributed by atoms with Gasteiger partial charge in [-0.25, -0.2) is 0 Å². The summed E-state index contributed by atoms with van der Waals surface area (Å²) in [6.45, 7) is 4.12. The zero-order chi connectivity index (χ0) is 12.0. The third-order valence-corrected chi connectivity index (χ3v) is 2.66. The monoisotopic (exact) mass is 238 g/mol. The number of thiocarbonyl (C=S) groups is 1. The molecule has 0 aromatic heterocycles. The van der Waals surface area contributed by atoms with Crippen LogP contribution in [-0.4, -0.2) is 22.9 Å². The highest BCUT2D eigenvalue weighted by Crippen LogP contribution is 2.12. The van der Waals surface area contributed by atoms with Gasteiger partial charge in [0.15, 0.2) is 5.11 Å². The molecule has 1 rings (SSSR count). The van der Waals surface area contributed by atoms with E-state index in [0.717, 1.165) is 17.7 Å². The van der Waals surface area contributed by atoms with Crippen LogP contribution in [0.5, 0.6) is 0 Å². The first kappa shape index (κ1) is 12.9. The van der Waals surface area contributed by atoms with Gasteiger partial charge in [0.05, 0.1) is 12.6 Å². The summed E-state index contributed by atoms with van der Waals surface area (Å²) in [6, 6.07) is 7.96. The lowest BCUT2D eigenvalue weighted by Crippen LogP contribution is -2.39. The molecule has 0 heterocycles. The van der Waals surface area contributed by atoms with Crippen molar-refractivity contribution in [3.63, 3.8) is 0 Å². The van der Waals surface area contributed by atoms with E-state index < -0.39 is 0 Å². The molecular formula is C12H18N2OS. The molecule has 0 unspecified atom stereocenters. The number of hydrogen-bond donors (Lipinski definition) is 3. The lowest BCUT2D eigenvalue weighted by molar-refractivity contribution is 0.253. The third kappa shape index (κ3) is 3.79. The van der Waals surface area contributed by atoms with Crippen LogP contribution in [0.4, 0.5) is 5.69 Å². The number of benzene rings is 1. The van der Waals surface area contributed by atoms with Gasteiger partial charge < -0.3 is 15.7 Å². The lowest BCUT2D eigenvalue weighted by atomic mass is 10.2. The van der Waals surface area contributed by atoms with Crippen molar-refractivity contribution < 1.29 is 5.11 Å². The molecule has 1 aromatic rings. The zero-order valence-corrected chi connectivity index (χ0v) is 10.5. The smallest absolute Gasteiger partial charge is 0.171 e. The van der Waals surface area contributed by atoms with Crippen LogP contribution in [0.2, 0.25) is 0 Å². The highest BCUT2D eigenvalue weighted by atomic mass is 32.1. The van der Waals surface area contributed by atoms with Crippen LogP contribution in [0.1, 0.15) is 18.9 Å². The van der Waals surface area contributed by atoms with Crippen LogP contribution in [0.15, 0.2) is 24.3 Å². The number of nitrogens with one attached hydrogen (secondary N) is 2. The van der Waals surface area contributed by atoms with Gasteiger partial charge in [0.25, 0.3) is 0 Å². The highest BCUT2D eigenvalue weighted by molar-refractivity contribution is 7.80. The van der Waals surface area contributed by atoms with Crippen LogP contribution in [0.3, 0.4) is 0 Å². The van der Waals surface area contributed by atoms with Crippen molar-refractivity contribution in [2.75, 3.05) is 11.9 Å². The number of aryl methyl sites for hydroxylation is 1. The van der Waals surface area contributed by atoms with E-state index in [1.54, 1.807) is 0 Å². The van der Waals surface area contributed by atoms with E-state index in [1.807, 2.05) is 38.1 Å². The van der Waals surface area contributed by atoms with E-state index in [4.69, 9.17) is 17.3 Å². The molecule has 16 heavy (non-hydrogen) atoms. The predicted octanol–water partition coefficient (Wildman–Crippen LogP) is 2.05. The van der Waals surface area contributed by atoms with Crippen LogP contribution in [-0.2, 0) is 0 Å². The molecule has 0 saturated carbocycles. The average Bonchev–Trinajstić information content (AvgIpc) is 2.29. The summed E-state index contributed by atoms with van der Waals surface area (Å²) in [7, 11) is 0. The third-order valence-electron chi connectivity index (χ3n) is 2.44. The lowest BCUT2D eigenvalue weighted by Gasteiger charge is -2.18. The minimum atomic E-state index is 0.0176. The Hall–Kier alpha value is -1.13. The molecule has 0 amide bonds. The van der Waals surface area contributed by atoms with Crippen LogP contribution < -0.4 is 10.6 Å². The first-order valence-corrected chi connectivity index (χ1v) is 5.82. The minimum Gasteiger partial charge on any atom is -0.394 e. The van der Waals surface area contributed by atoms with Gasteiger partial charge in [0.2, 0.25) is 0 Å². The summed E-state index contributed by atoms with van der Waals surface area (Å²) in [6.07, 6.45) is 0.839. The van der Waals surface area contributed by atoms with E-state index in [2.05, 4.69) is 10.6 Å². The number of para-hydroxylation sites is 1. The van der Waals surface area contributed by atoms with E-state index >= 15 is 0 Å². The summed E-state index contributed by atoms with van der Waals surface area (Å²) in [4.78, 5) is 0. The van der Waals surface area contributed by atoms with Crippen molar-refractivity contribution in [1.82, 2.24) is 5.32 Å². The fourth-order valence-electron chi connectivity index (χ4n) is 1.33. The van der Waals surface area contributed by atoms with Gasteiger partial charge in [0, 0.05) is 5.69 Å². The number of rotatable bonds is 4. The Labute approximate surface area is 102 Å². The Morgan fingerprint density at radius 1 is 1.44 bits per heavy atom. The normalized spacial score (nSPS) is 11.9. The standard InChI is InChI=1S/C12H18N2OS/c1-3-10(8-15)13-12(16)14-11-7-5-4-6-9(11)2/h4-7,10,15H,3,8H2,1-2H3,(H2,13,14,16)/t10-/m0/s1. The van der Waals surface area contributed by atoms with Gasteiger partial charge in [-0.1, -0.05) is 25.1 Å². The number of hydrogen-bond acceptors (Lipinski definition) is 2. The molecule has 3 nitrogen and oxygen atoms in total. The van der Waals surface area contributed by atoms with Crippen molar-refractivity contribution in [3.8, 4) is 0 Å². The molecule has 0 aliphatic carbocycles. The quantitative estimate of drug-likeness (QED) is 0.703. The molecule has 4 heteroatoms. The summed E-state index contributed by atoms with van der Waals surface area (Å²) in [5, 5.41) is 15.8. The van der Waals surface area contributed by atoms with Crippen molar-refractivity contribution >= 4 is 23.0 Å². The second-order valence-corrected chi connectivity index (χ2v) is 4.11. The molecule has 0 spiro atoms. The van der Waals surface area contributed by atoms with E-state index in [0.29, 0.717) is 5.11 Å². The Morgan fingerprint density at radius 2 is 2.12 bits per heavy atom. The van der Waals surface area contributed by atoms with Crippen LogP contribution in [0.25, 0.3) is 0 Å². The number of aliphatic hydroxyl groups is 1. The van der Waals surface area contributed by atoms with Crippen LogP contribution >= 0.6 is 12.2 Å². The summed E-state index contributed by atoms with van der Waals surface area (Å²) in [5.74, 6) is 0. The molecule has 0 bridgehead atoms. The Bertz CT molecular complexity index is 351. The Balaban J connectivity index is 2.55.